The van der Waals surface area contributed by atoms with E-state index >= 15 is 0 Å². The lowest BCUT2D eigenvalue weighted by molar-refractivity contribution is 0.102. The number of amides is 1. The third-order valence-electron chi connectivity index (χ3n) is 7.20. The molecular weight excluding hydrogens is 455 g/mol. The van der Waals surface area contributed by atoms with Gasteiger partial charge in [0.25, 0.3) is 5.91 Å². The number of nitrogens with one attached hydrogen (secondary N) is 1. The maximum absolute atomic E-state index is 14.9. The van der Waals surface area contributed by atoms with Crippen molar-refractivity contribution in [1.82, 2.24) is 24.3 Å². The Bertz CT molecular complexity index is 1410. The lowest BCUT2D eigenvalue weighted by Gasteiger charge is -2.11. The SMILES string of the molecule is O=C(Nc1cc(-c2nnc3n2CCCCC3)ccc1F)c1nc(-c2ccccc2)n2c1CCCCC2. The molecule has 184 valence electrons. The topological polar surface area (TPSA) is 77.6 Å². The zero-order valence-electron chi connectivity index (χ0n) is 20.2. The minimum absolute atomic E-state index is 0.125. The molecular formula is C28H29FN6O. The Kier molecular flexibility index (Phi) is 6.09. The molecule has 1 N–H and O–H groups in total. The molecule has 36 heavy (non-hydrogen) atoms. The number of carbonyl (C=O) groups is 1. The number of hydrogen-bond acceptors (Lipinski definition) is 4. The highest BCUT2D eigenvalue weighted by Gasteiger charge is 2.25. The molecule has 0 spiro atoms. The smallest absolute Gasteiger partial charge is 0.276 e. The zero-order valence-corrected chi connectivity index (χ0v) is 20.2. The highest BCUT2D eigenvalue weighted by Crippen LogP contribution is 2.30. The largest absolute Gasteiger partial charge is 0.327 e. The minimum Gasteiger partial charge on any atom is -0.327 e. The van der Waals surface area contributed by atoms with Crippen LogP contribution in [0, 0.1) is 5.82 Å². The van der Waals surface area contributed by atoms with Gasteiger partial charge in [-0.1, -0.05) is 43.2 Å². The average molecular weight is 485 g/mol. The first-order valence-electron chi connectivity index (χ1n) is 12.9. The Morgan fingerprint density at radius 2 is 1.58 bits per heavy atom. The molecule has 2 aliphatic rings. The van der Waals surface area contributed by atoms with Crippen LogP contribution in [-0.4, -0.2) is 30.2 Å². The maximum Gasteiger partial charge on any atom is 0.276 e. The van der Waals surface area contributed by atoms with Crippen molar-refractivity contribution in [3.63, 3.8) is 0 Å². The number of fused-ring (bicyclic) bond motifs is 2. The first kappa shape index (κ1) is 22.6. The van der Waals surface area contributed by atoms with E-state index < -0.39 is 5.82 Å². The van der Waals surface area contributed by atoms with Gasteiger partial charge in [0.1, 0.15) is 23.2 Å². The molecule has 7 nitrogen and oxygen atoms in total. The molecule has 0 fully saturated rings. The Morgan fingerprint density at radius 1 is 0.806 bits per heavy atom. The fourth-order valence-corrected chi connectivity index (χ4v) is 5.35. The number of rotatable bonds is 4. The fraction of sp³-hybridized carbons (Fsp3) is 0.357. The first-order valence-corrected chi connectivity index (χ1v) is 12.9. The van der Waals surface area contributed by atoms with Gasteiger partial charge < -0.3 is 14.5 Å². The molecule has 6 rings (SSSR count). The lowest BCUT2D eigenvalue weighted by Crippen LogP contribution is -2.16. The summed E-state index contributed by atoms with van der Waals surface area (Å²) in [4.78, 5) is 18.3. The van der Waals surface area contributed by atoms with Crippen molar-refractivity contribution >= 4 is 11.6 Å². The summed E-state index contributed by atoms with van der Waals surface area (Å²) < 4.78 is 19.2. The van der Waals surface area contributed by atoms with Crippen molar-refractivity contribution in [1.29, 1.82) is 0 Å². The molecule has 1 amide bonds. The van der Waals surface area contributed by atoms with Crippen LogP contribution in [0.4, 0.5) is 10.1 Å². The summed E-state index contributed by atoms with van der Waals surface area (Å²) in [5.74, 6) is 1.59. The minimum atomic E-state index is -0.490. The number of imidazole rings is 1. The van der Waals surface area contributed by atoms with Crippen LogP contribution < -0.4 is 5.32 Å². The molecule has 0 atom stereocenters. The van der Waals surface area contributed by atoms with Crippen LogP contribution in [0.25, 0.3) is 22.8 Å². The van der Waals surface area contributed by atoms with Crippen LogP contribution in [0.2, 0.25) is 0 Å². The molecule has 0 unspecified atom stereocenters. The Morgan fingerprint density at radius 3 is 2.42 bits per heavy atom. The van der Waals surface area contributed by atoms with E-state index in [4.69, 9.17) is 4.98 Å². The van der Waals surface area contributed by atoms with Crippen LogP contribution in [0.15, 0.2) is 48.5 Å². The predicted octanol–water partition coefficient (Wildman–Crippen LogP) is 5.65. The van der Waals surface area contributed by atoms with Gasteiger partial charge in [0.05, 0.1) is 11.4 Å². The van der Waals surface area contributed by atoms with Gasteiger partial charge in [-0.2, -0.15) is 0 Å². The third-order valence-corrected chi connectivity index (χ3v) is 7.20. The highest BCUT2D eigenvalue weighted by atomic mass is 19.1. The van der Waals surface area contributed by atoms with E-state index in [0.717, 1.165) is 92.9 Å². The lowest BCUT2D eigenvalue weighted by atomic mass is 10.1. The monoisotopic (exact) mass is 484 g/mol. The number of hydrogen-bond donors (Lipinski definition) is 1. The Balaban J connectivity index is 1.34. The number of aromatic nitrogens is 5. The standard InChI is InChI=1S/C28H29FN6O/c29-21-15-14-20(27-33-32-24-13-7-3-9-17-35(24)27)18-22(21)30-28(36)25-23-12-6-2-8-16-34(23)26(31-25)19-10-4-1-5-11-19/h1,4-5,10-11,14-15,18H,2-3,6-9,12-13,16-17H2,(H,30,36). The van der Waals surface area contributed by atoms with E-state index in [0.29, 0.717) is 11.5 Å². The van der Waals surface area contributed by atoms with E-state index in [-0.39, 0.29) is 11.6 Å². The normalized spacial score (nSPS) is 15.5. The zero-order chi connectivity index (χ0) is 24.5. The van der Waals surface area contributed by atoms with E-state index in [1.165, 1.54) is 6.07 Å². The summed E-state index contributed by atoms with van der Waals surface area (Å²) in [5.41, 5.74) is 3.13. The van der Waals surface area contributed by atoms with Gasteiger partial charge in [-0.15, -0.1) is 10.2 Å². The number of anilines is 1. The van der Waals surface area contributed by atoms with Gasteiger partial charge in [-0.25, -0.2) is 9.37 Å². The van der Waals surface area contributed by atoms with E-state index in [1.807, 2.05) is 30.3 Å². The summed E-state index contributed by atoms with van der Waals surface area (Å²) in [6, 6.07) is 14.7. The number of benzene rings is 2. The molecule has 4 heterocycles. The fourth-order valence-electron chi connectivity index (χ4n) is 5.35. The maximum atomic E-state index is 14.9. The van der Waals surface area contributed by atoms with Crippen LogP contribution in [0.5, 0.6) is 0 Å². The van der Waals surface area contributed by atoms with Crippen molar-refractivity contribution in [2.24, 2.45) is 0 Å². The molecule has 2 aromatic carbocycles. The van der Waals surface area contributed by atoms with Crippen LogP contribution in [0.3, 0.4) is 0 Å². The van der Waals surface area contributed by atoms with Gasteiger partial charge in [-0.3, -0.25) is 4.79 Å². The Hall–Kier alpha value is -3.81. The molecule has 2 aliphatic heterocycles. The number of halogens is 1. The molecule has 0 saturated heterocycles. The second kappa shape index (κ2) is 9.68. The summed E-state index contributed by atoms with van der Waals surface area (Å²) in [5, 5.41) is 11.6. The molecule has 4 aromatic rings. The first-order chi connectivity index (χ1) is 17.7. The summed E-state index contributed by atoms with van der Waals surface area (Å²) in [7, 11) is 0. The average Bonchev–Trinajstić information content (AvgIpc) is 3.26. The predicted molar refractivity (Wildman–Crippen MR) is 136 cm³/mol. The molecule has 0 radical (unpaired) electrons. The van der Waals surface area contributed by atoms with Crippen molar-refractivity contribution in [2.45, 2.75) is 64.5 Å². The van der Waals surface area contributed by atoms with Crippen LogP contribution in [-0.2, 0) is 25.9 Å². The number of aryl methyl sites for hydroxylation is 1. The quantitative estimate of drug-likeness (QED) is 0.406. The molecule has 2 aromatic heterocycles. The summed E-state index contributed by atoms with van der Waals surface area (Å²) in [6.45, 7) is 1.67. The van der Waals surface area contributed by atoms with E-state index in [1.54, 1.807) is 12.1 Å². The van der Waals surface area contributed by atoms with E-state index in [9.17, 15) is 9.18 Å². The van der Waals surface area contributed by atoms with Crippen LogP contribution >= 0.6 is 0 Å². The summed E-state index contributed by atoms with van der Waals surface area (Å²) >= 11 is 0. The molecule has 0 aliphatic carbocycles. The van der Waals surface area contributed by atoms with Crippen molar-refractivity contribution in [2.75, 3.05) is 5.32 Å². The number of nitrogens with zero attached hydrogens (tertiary/aromatic N) is 5. The van der Waals surface area contributed by atoms with Crippen LogP contribution in [0.1, 0.15) is 60.5 Å². The van der Waals surface area contributed by atoms with Crippen molar-refractivity contribution in [3.05, 3.63) is 71.6 Å². The van der Waals surface area contributed by atoms with Gasteiger partial charge in [0, 0.05) is 30.6 Å². The molecule has 0 saturated carbocycles. The van der Waals surface area contributed by atoms with E-state index in [2.05, 4.69) is 24.6 Å². The van der Waals surface area contributed by atoms with Gasteiger partial charge in [0.2, 0.25) is 0 Å². The second-order valence-electron chi connectivity index (χ2n) is 9.61. The highest BCUT2D eigenvalue weighted by molar-refractivity contribution is 6.04. The van der Waals surface area contributed by atoms with Gasteiger partial charge in [0.15, 0.2) is 5.82 Å². The van der Waals surface area contributed by atoms with Gasteiger partial charge >= 0.3 is 0 Å². The van der Waals surface area contributed by atoms with Crippen molar-refractivity contribution < 1.29 is 9.18 Å². The Labute approximate surface area is 209 Å². The van der Waals surface area contributed by atoms with Gasteiger partial charge in [-0.05, 0) is 50.3 Å². The summed E-state index contributed by atoms with van der Waals surface area (Å²) in [6.07, 6.45) is 8.15. The number of carbonyl (C=O) groups excluding carboxylic acids is 1. The second-order valence-corrected chi connectivity index (χ2v) is 9.61. The molecule has 0 bridgehead atoms. The molecule has 8 heteroatoms. The third kappa shape index (κ3) is 4.21. The van der Waals surface area contributed by atoms with Crippen molar-refractivity contribution in [3.8, 4) is 22.8 Å².